The van der Waals surface area contributed by atoms with Crippen molar-refractivity contribution < 1.29 is 14.5 Å². The average Bonchev–Trinajstić information content (AvgIpc) is 2.43. The molecule has 0 atom stereocenters. The van der Waals surface area contributed by atoms with Gasteiger partial charge in [0.2, 0.25) is 0 Å². The molecule has 1 aliphatic heterocycles. The summed E-state index contributed by atoms with van der Waals surface area (Å²) in [7, 11) is 0. The van der Waals surface area contributed by atoms with Gasteiger partial charge in [0, 0.05) is 0 Å². The lowest BCUT2D eigenvalue weighted by atomic mass is 10.1. The molecule has 0 bridgehead atoms. The van der Waals surface area contributed by atoms with Gasteiger partial charge in [0.15, 0.2) is 0 Å². The number of amidine groups is 1. The SMILES string of the molecule is CC(C)(C)N1CC[N+](C(C)(C)C)=C1C(=O)O. The summed E-state index contributed by atoms with van der Waals surface area (Å²) in [6.07, 6.45) is 0. The first-order valence-corrected chi connectivity index (χ1v) is 5.70. The Hall–Kier alpha value is -1.06. The second-order valence-electron chi connectivity index (χ2n) is 6.27. The van der Waals surface area contributed by atoms with Gasteiger partial charge in [0.1, 0.15) is 13.1 Å². The minimum Gasteiger partial charge on any atom is -0.472 e. The summed E-state index contributed by atoms with van der Waals surface area (Å²) in [5, 5.41) is 9.36. The van der Waals surface area contributed by atoms with E-state index in [1.807, 2.05) is 51.0 Å². The molecule has 4 nitrogen and oxygen atoms in total. The molecular weight excluding hydrogens is 204 g/mol. The van der Waals surface area contributed by atoms with Crippen LogP contribution in [0.1, 0.15) is 41.5 Å². The van der Waals surface area contributed by atoms with Crippen LogP contribution in [-0.2, 0) is 4.79 Å². The number of nitrogens with zero attached hydrogens (tertiary/aromatic N) is 2. The molecule has 0 aromatic heterocycles. The third kappa shape index (κ3) is 2.36. The van der Waals surface area contributed by atoms with Crippen molar-refractivity contribution in [2.45, 2.75) is 52.6 Å². The largest absolute Gasteiger partial charge is 0.472 e. The van der Waals surface area contributed by atoms with Crippen molar-refractivity contribution in [2.75, 3.05) is 13.1 Å². The Morgan fingerprint density at radius 1 is 1.25 bits per heavy atom. The summed E-state index contributed by atoms with van der Waals surface area (Å²) in [6, 6.07) is 0. The smallest absolute Gasteiger partial charge is 0.418 e. The molecule has 0 amide bonds. The molecule has 16 heavy (non-hydrogen) atoms. The fourth-order valence-electron chi connectivity index (χ4n) is 2.09. The Morgan fingerprint density at radius 2 is 1.75 bits per heavy atom. The summed E-state index contributed by atoms with van der Waals surface area (Å²) >= 11 is 0. The number of carboxylic acids is 1. The number of carboxylic acid groups (broad SMARTS) is 1. The molecule has 0 spiro atoms. The first-order chi connectivity index (χ1) is 7.05. The van der Waals surface area contributed by atoms with Crippen molar-refractivity contribution in [2.24, 2.45) is 0 Å². The van der Waals surface area contributed by atoms with Crippen LogP contribution in [0.15, 0.2) is 0 Å². The Balaban J connectivity index is 3.23. The fraction of sp³-hybridized carbons (Fsp3) is 0.833. The highest BCUT2D eigenvalue weighted by molar-refractivity contribution is 6.32. The first-order valence-electron chi connectivity index (χ1n) is 5.70. The van der Waals surface area contributed by atoms with E-state index in [2.05, 4.69) is 0 Å². The van der Waals surface area contributed by atoms with Crippen molar-refractivity contribution in [3.05, 3.63) is 0 Å². The van der Waals surface area contributed by atoms with E-state index >= 15 is 0 Å². The molecule has 0 saturated heterocycles. The predicted octanol–water partition coefficient (Wildman–Crippen LogP) is 1.39. The molecule has 0 unspecified atom stereocenters. The van der Waals surface area contributed by atoms with E-state index in [9.17, 15) is 9.90 Å². The van der Waals surface area contributed by atoms with Crippen LogP contribution in [0.3, 0.4) is 0 Å². The molecule has 1 heterocycles. The molecular formula is C12H23N2O2+. The van der Waals surface area contributed by atoms with Gasteiger partial charge >= 0.3 is 11.8 Å². The minimum absolute atomic E-state index is 0.145. The second-order valence-corrected chi connectivity index (χ2v) is 6.27. The Morgan fingerprint density at radius 3 is 2.06 bits per heavy atom. The van der Waals surface area contributed by atoms with Gasteiger partial charge in [0.25, 0.3) is 0 Å². The summed E-state index contributed by atoms with van der Waals surface area (Å²) in [5.74, 6) is -0.401. The molecule has 0 aromatic carbocycles. The zero-order chi connectivity index (χ0) is 12.7. The molecule has 1 rings (SSSR count). The zero-order valence-corrected chi connectivity index (χ0v) is 11.2. The topological polar surface area (TPSA) is 43.5 Å². The van der Waals surface area contributed by atoms with Crippen LogP contribution in [0.2, 0.25) is 0 Å². The van der Waals surface area contributed by atoms with Gasteiger partial charge in [-0.3, -0.25) is 0 Å². The average molecular weight is 227 g/mol. The van der Waals surface area contributed by atoms with Crippen LogP contribution in [0.5, 0.6) is 0 Å². The van der Waals surface area contributed by atoms with E-state index in [0.717, 1.165) is 13.1 Å². The van der Waals surface area contributed by atoms with Crippen LogP contribution < -0.4 is 0 Å². The molecule has 0 fully saturated rings. The molecule has 1 N–H and O–H groups in total. The Labute approximate surface area is 97.6 Å². The number of carbonyl (C=O) groups is 1. The third-order valence-electron chi connectivity index (χ3n) is 2.87. The first kappa shape index (κ1) is 13.0. The van der Waals surface area contributed by atoms with Crippen LogP contribution in [0.25, 0.3) is 0 Å². The number of hydrogen-bond acceptors (Lipinski definition) is 2. The van der Waals surface area contributed by atoms with Gasteiger partial charge in [-0.2, -0.15) is 0 Å². The van der Waals surface area contributed by atoms with Gasteiger partial charge in [-0.1, -0.05) is 0 Å². The van der Waals surface area contributed by atoms with E-state index in [0.29, 0.717) is 5.84 Å². The lowest BCUT2D eigenvalue weighted by Crippen LogP contribution is -2.49. The van der Waals surface area contributed by atoms with Crippen molar-refractivity contribution in [1.29, 1.82) is 0 Å². The molecule has 4 heteroatoms. The molecule has 0 aromatic rings. The van der Waals surface area contributed by atoms with E-state index in [4.69, 9.17) is 0 Å². The molecule has 0 saturated carbocycles. The van der Waals surface area contributed by atoms with Gasteiger partial charge < -0.3 is 5.11 Å². The standard InChI is InChI=1S/C12H22N2O2/c1-11(2,3)13-7-8-14(12(4,5)6)9(13)10(15)16/h7-8H2,1-6H3/p+1. The van der Waals surface area contributed by atoms with Crippen LogP contribution in [0.4, 0.5) is 0 Å². The van der Waals surface area contributed by atoms with Crippen LogP contribution in [0, 0.1) is 0 Å². The normalized spacial score (nSPS) is 18.2. The highest BCUT2D eigenvalue weighted by Gasteiger charge is 2.45. The van der Waals surface area contributed by atoms with Crippen molar-refractivity contribution in [1.82, 2.24) is 4.90 Å². The minimum atomic E-state index is -0.831. The maximum Gasteiger partial charge on any atom is 0.418 e. The van der Waals surface area contributed by atoms with E-state index in [1.165, 1.54) is 0 Å². The highest BCUT2D eigenvalue weighted by atomic mass is 16.4. The predicted molar refractivity (Wildman–Crippen MR) is 64.0 cm³/mol. The van der Waals surface area contributed by atoms with Crippen molar-refractivity contribution >= 4 is 11.8 Å². The van der Waals surface area contributed by atoms with E-state index in [-0.39, 0.29) is 11.1 Å². The summed E-state index contributed by atoms with van der Waals surface area (Å²) in [5.41, 5.74) is -0.290. The van der Waals surface area contributed by atoms with E-state index in [1.54, 1.807) is 0 Å². The third-order valence-corrected chi connectivity index (χ3v) is 2.87. The zero-order valence-electron chi connectivity index (χ0n) is 11.2. The highest BCUT2D eigenvalue weighted by Crippen LogP contribution is 2.21. The number of aliphatic carboxylic acids is 1. The lowest BCUT2D eigenvalue weighted by Gasteiger charge is -2.26. The van der Waals surface area contributed by atoms with E-state index < -0.39 is 5.97 Å². The van der Waals surface area contributed by atoms with Gasteiger partial charge in [-0.15, -0.1) is 0 Å². The second kappa shape index (κ2) is 3.75. The summed E-state index contributed by atoms with van der Waals surface area (Å²) in [6.45, 7) is 13.8. The lowest BCUT2D eigenvalue weighted by molar-refractivity contribution is -0.587. The van der Waals surface area contributed by atoms with Gasteiger partial charge in [-0.05, 0) is 41.5 Å². The van der Waals surface area contributed by atoms with Crippen LogP contribution in [-0.4, -0.2) is 50.6 Å². The maximum absolute atomic E-state index is 11.4. The van der Waals surface area contributed by atoms with Crippen molar-refractivity contribution in [3.63, 3.8) is 0 Å². The number of hydrogen-bond donors (Lipinski definition) is 1. The van der Waals surface area contributed by atoms with Gasteiger partial charge in [0.05, 0.1) is 11.1 Å². The summed E-state index contributed by atoms with van der Waals surface area (Å²) < 4.78 is 1.97. The van der Waals surface area contributed by atoms with Gasteiger partial charge in [-0.25, -0.2) is 14.3 Å². The fourth-order valence-corrected chi connectivity index (χ4v) is 2.09. The maximum atomic E-state index is 11.4. The molecule has 1 aliphatic rings. The monoisotopic (exact) mass is 227 g/mol. The summed E-state index contributed by atoms with van der Waals surface area (Å²) in [4.78, 5) is 13.4. The van der Waals surface area contributed by atoms with Crippen molar-refractivity contribution in [3.8, 4) is 0 Å². The van der Waals surface area contributed by atoms with Crippen LogP contribution >= 0.6 is 0 Å². The molecule has 0 radical (unpaired) electrons. The Kier molecular flexibility index (Phi) is 3.05. The quantitative estimate of drug-likeness (QED) is 0.689. The Bertz CT molecular complexity index is 332. The molecule has 0 aliphatic carbocycles. The number of rotatable bonds is 1. The molecule has 92 valence electrons.